The summed E-state index contributed by atoms with van der Waals surface area (Å²) in [6.07, 6.45) is 0. The largest absolute Gasteiger partial charge is 0.497 e. The first-order valence-corrected chi connectivity index (χ1v) is 8.07. The monoisotopic (exact) mass is 367 g/mol. The Balaban J connectivity index is 2.06. The van der Waals surface area contributed by atoms with Crippen LogP contribution in [-0.4, -0.2) is 31.8 Å². The van der Waals surface area contributed by atoms with E-state index in [1.54, 1.807) is 6.07 Å². The fraction of sp³-hybridized carbons (Fsp3) is 0.176. The van der Waals surface area contributed by atoms with Gasteiger partial charge in [-0.2, -0.15) is 0 Å². The summed E-state index contributed by atoms with van der Waals surface area (Å²) in [5.41, 5.74) is 0.413. The number of hydrogen-bond donors (Lipinski definition) is 1. The van der Waals surface area contributed by atoms with E-state index in [1.165, 1.54) is 32.4 Å². The fourth-order valence-electron chi connectivity index (χ4n) is 1.94. The SMILES string of the molecule is COC(=O)c1cc(OC)ccc1NC(=O)CSc1ccc(F)c(F)c1. The van der Waals surface area contributed by atoms with E-state index >= 15 is 0 Å². The molecule has 8 heteroatoms. The van der Waals surface area contributed by atoms with E-state index in [2.05, 4.69) is 10.1 Å². The van der Waals surface area contributed by atoms with Crippen LogP contribution in [0.2, 0.25) is 0 Å². The highest BCUT2D eigenvalue weighted by atomic mass is 32.2. The second-order valence-corrected chi connectivity index (χ2v) is 5.86. The Morgan fingerprint density at radius 2 is 1.84 bits per heavy atom. The lowest BCUT2D eigenvalue weighted by Crippen LogP contribution is -2.17. The van der Waals surface area contributed by atoms with Gasteiger partial charge in [-0.15, -0.1) is 11.8 Å². The van der Waals surface area contributed by atoms with E-state index in [-0.39, 0.29) is 17.0 Å². The lowest BCUT2D eigenvalue weighted by atomic mass is 10.1. The van der Waals surface area contributed by atoms with E-state index in [4.69, 9.17) is 4.74 Å². The van der Waals surface area contributed by atoms with Crippen molar-refractivity contribution in [3.05, 3.63) is 53.6 Å². The minimum Gasteiger partial charge on any atom is -0.497 e. The molecule has 1 amide bonds. The summed E-state index contributed by atoms with van der Waals surface area (Å²) >= 11 is 1.04. The van der Waals surface area contributed by atoms with Crippen molar-refractivity contribution in [3.8, 4) is 5.75 Å². The van der Waals surface area contributed by atoms with E-state index < -0.39 is 23.5 Å². The van der Waals surface area contributed by atoms with E-state index in [0.717, 1.165) is 23.9 Å². The zero-order valence-electron chi connectivity index (χ0n) is 13.5. The van der Waals surface area contributed by atoms with Gasteiger partial charge in [0.2, 0.25) is 5.91 Å². The highest BCUT2D eigenvalue weighted by molar-refractivity contribution is 8.00. The number of rotatable bonds is 6. The predicted octanol–water partition coefficient (Wildman–Crippen LogP) is 3.49. The van der Waals surface area contributed by atoms with Crippen LogP contribution in [0.1, 0.15) is 10.4 Å². The average Bonchev–Trinajstić information content (AvgIpc) is 2.62. The summed E-state index contributed by atoms with van der Waals surface area (Å²) in [5, 5.41) is 2.59. The molecule has 0 aliphatic rings. The molecule has 0 saturated carbocycles. The number of carbonyl (C=O) groups excluding carboxylic acids is 2. The first-order valence-electron chi connectivity index (χ1n) is 7.08. The number of hydrogen-bond acceptors (Lipinski definition) is 5. The van der Waals surface area contributed by atoms with Gasteiger partial charge < -0.3 is 14.8 Å². The van der Waals surface area contributed by atoms with Gasteiger partial charge in [-0.25, -0.2) is 13.6 Å². The summed E-state index contributed by atoms with van der Waals surface area (Å²) in [7, 11) is 2.68. The molecule has 0 spiro atoms. The van der Waals surface area contributed by atoms with Crippen molar-refractivity contribution in [3.63, 3.8) is 0 Å². The summed E-state index contributed by atoms with van der Waals surface area (Å²) in [6.45, 7) is 0. The molecule has 0 atom stereocenters. The Morgan fingerprint density at radius 3 is 2.48 bits per heavy atom. The number of halogens is 2. The average molecular weight is 367 g/mol. The van der Waals surface area contributed by atoms with Crippen molar-refractivity contribution in [1.82, 2.24) is 0 Å². The van der Waals surface area contributed by atoms with Crippen molar-refractivity contribution < 1.29 is 27.8 Å². The van der Waals surface area contributed by atoms with Crippen LogP contribution < -0.4 is 10.1 Å². The molecule has 0 bridgehead atoms. The summed E-state index contributed by atoms with van der Waals surface area (Å²) < 4.78 is 35.8. The van der Waals surface area contributed by atoms with Gasteiger partial charge in [0.05, 0.1) is 31.2 Å². The molecule has 132 valence electrons. The highest BCUT2D eigenvalue weighted by Crippen LogP contribution is 2.24. The molecule has 2 aromatic carbocycles. The molecule has 0 aliphatic heterocycles. The smallest absolute Gasteiger partial charge is 0.340 e. The second-order valence-electron chi connectivity index (χ2n) is 4.82. The summed E-state index contributed by atoms with van der Waals surface area (Å²) in [5.74, 6) is -2.57. The van der Waals surface area contributed by atoms with E-state index in [0.29, 0.717) is 10.6 Å². The van der Waals surface area contributed by atoms with Gasteiger partial charge in [-0.1, -0.05) is 0 Å². The van der Waals surface area contributed by atoms with Gasteiger partial charge in [0.1, 0.15) is 5.75 Å². The Labute approximate surface area is 147 Å². The molecular weight excluding hydrogens is 352 g/mol. The maximum absolute atomic E-state index is 13.2. The quantitative estimate of drug-likeness (QED) is 0.625. The third-order valence-corrected chi connectivity index (χ3v) is 4.16. The molecular formula is C17H15F2NO4S. The number of anilines is 1. The molecule has 0 saturated heterocycles. The highest BCUT2D eigenvalue weighted by Gasteiger charge is 2.15. The van der Waals surface area contributed by atoms with Gasteiger partial charge in [0, 0.05) is 4.90 Å². The normalized spacial score (nSPS) is 10.2. The molecule has 0 aromatic heterocycles. The summed E-state index contributed by atoms with van der Waals surface area (Å²) in [4.78, 5) is 24.3. The maximum atomic E-state index is 13.2. The predicted molar refractivity (Wildman–Crippen MR) is 90.0 cm³/mol. The fourth-order valence-corrected chi connectivity index (χ4v) is 2.66. The van der Waals surface area contributed by atoms with Crippen LogP contribution in [0.15, 0.2) is 41.3 Å². The molecule has 0 radical (unpaired) electrons. The Morgan fingerprint density at radius 1 is 1.08 bits per heavy atom. The number of esters is 1. The number of benzene rings is 2. The lowest BCUT2D eigenvalue weighted by Gasteiger charge is -2.11. The molecule has 2 aromatic rings. The zero-order valence-corrected chi connectivity index (χ0v) is 14.3. The maximum Gasteiger partial charge on any atom is 0.340 e. The van der Waals surface area contributed by atoms with Crippen LogP contribution in [-0.2, 0) is 9.53 Å². The van der Waals surface area contributed by atoms with Crippen molar-refractivity contribution >= 4 is 29.3 Å². The van der Waals surface area contributed by atoms with E-state index in [1.807, 2.05) is 0 Å². The van der Waals surface area contributed by atoms with Crippen molar-refractivity contribution in [2.75, 3.05) is 25.3 Å². The van der Waals surface area contributed by atoms with Crippen LogP contribution in [0, 0.1) is 11.6 Å². The number of carbonyl (C=O) groups is 2. The minimum absolute atomic E-state index is 0.0439. The van der Waals surface area contributed by atoms with Crippen molar-refractivity contribution in [2.24, 2.45) is 0 Å². The number of thioether (sulfide) groups is 1. The molecule has 25 heavy (non-hydrogen) atoms. The van der Waals surface area contributed by atoms with Crippen LogP contribution in [0.3, 0.4) is 0 Å². The topological polar surface area (TPSA) is 64.6 Å². The molecule has 0 unspecified atom stereocenters. The van der Waals surface area contributed by atoms with Gasteiger partial charge in [0.25, 0.3) is 0 Å². The lowest BCUT2D eigenvalue weighted by molar-refractivity contribution is -0.113. The third-order valence-electron chi connectivity index (χ3n) is 3.17. The van der Waals surface area contributed by atoms with Crippen molar-refractivity contribution in [2.45, 2.75) is 4.90 Å². The Kier molecular flexibility index (Phi) is 6.35. The number of methoxy groups -OCH3 is 2. The first kappa shape index (κ1) is 18.7. The van der Waals surface area contributed by atoms with E-state index in [9.17, 15) is 18.4 Å². The van der Waals surface area contributed by atoms with Gasteiger partial charge in [-0.3, -0.25) is 4.79 Å². The van der Waals surface area contributed by atoms with Crippen LogP contribution in [0.5, 0.6) is 5.75 Å². The standard InChI is InChI=1S/C17H15F2NO4S/c1-23-10-3-6-15(12(7-10)17(22)24-2)20-16(21)9-25-11-4-5-13(18)14(19)8-11/h3-8H,9H2,1-2H3,(H,20,21). The number of nitrogens with one attached hydrogen (secondary N) is 1. The second kappa shape index (κ2) is 8.48. The third kappa shape index (κ3) is 4.93. The molecule has 2 rings (SSSR count). The number of amides is 1. The minimum atomic E-state index is -0.978. The van der Waals surface area contributed by atoms with Crippen LogP contribution in [0.25, 0.3) is 0 Å². The Hall–Kier alpha value is -2.61. The van der Waals surface area contributed by atoms with Crippen molar-refractivity contribution in [1.29, 1.82) is 0 Å². The zero-order chi connectivity index (χ0) is 18.4. The molecule has 5 nitrogen and oxygen atoms in total. The number of ether oxygens (including phenoxy) is 2. The van der Waals surface area contributed by atoms with Crippen LogP contribution in [0.4, 0.5) is 14.5 Å². The van der Waals surface area contributed by atoms with Gasteiger partial charge in [-0.05, 0) is 36.4 Å². The van der Waals surface area contributed by atoms with Gasteiger partial charge in [0.15, 0.2) is 11.6 Å². The molecule has 0 aliphatic carbocycles. The van der Waals surface area contributed by atoms with Gasteiger partial charge >= 0.3 is 5.97 Å². The first-order chi connectivity index (χ1) is 11.9. The van der Waals surface area contributed by atoms with Crippen LogP contribution >= 0.6 is 11.8 Å². The summed E-state index contributed by atoms with van der Waals surface area (Å²) in [6, 6.07) is 7.94. The molecule has 1 N–H and O–H groups in total. The molecule has 0 heterocycles. The Bertz CT molecular complexity index is 798. The molecule has 0 fully saturated rings.